The minimum atomic E-state index is -4.64. The normalized spacial score (nSPS) is 19.0. The van der Waals surface area contributed by atoms with Crippen LogP contribution in [0.25, 0.3) is 44.9 Å². The summed E-state index contributed by atoms with van der Waals surface area (Å²) in [6.07, 6.45) is -3.86. The van der Waals surface area contributed by atoms with E-state index in [4.69, 9.17) is 23.5 Å². The zero-order chi connectivity index (χ0) is 76.7. The lowest BCUT2D eigenvalue weighted by Crippen LogP contribution is -2.48. The number of carbonyl (C=O) groups is 2. The molecule has 1 amide bonds. The first kappa shape index (κ1) is 75.5. The highest BCUT2D eigenvalue weighted by Gasteiger charge is 2.42. The molecule has 4 aliphatic heterocycles. The molecule has 0 bridgehead atoms. The first-order valence-electron chi connectivity index (χ1n) is 35.2. The molecule has 108 heavy (non-hydrogen) atoms. The molecule has 566 valence electrons. The molecule has 3 saturated heterocycles. The van der Waals surface area contributed by atoms with Gasteiger partial charge in [0.25, 0.3) is 0 Å². The number of Topliss-reactive ketones (excluding diaryl/α,β-unsaturated/α-hetero) is 1. The quantitative estimate of drug-likeness (QED) is 0.0519. The SMILES string of the molecule is CCC(=O)[C@H]1CNC[C@@H](Nc2ncc(C(F)(F)F)c(C3=CCc4nc(-c5c(C)noc5C)ccc43)n2)C1.Cc1noc(C)c1-c1ccc2c(n1)CC=C2c1nc(N[C@@H]2CNC[C@H](C(=O)N(C)C)C2)ncc1C(F)(F)F.Cc1noc(C)c1-c1ccc2c(n1)CN=C2c1nc(N[C@H]2CCCNC2)ncc1C(F)(F)F. The number of halogens is 9. The van der Waals surface area contributed by atoms with E-state index in [2.05, 4.69) is 87.3 Å². The van der Waals surface area contributed by atoms with Crippen molar-refractivity contribution in [2.45, 2.75) is 137 Å². The fourth-order valence-electron chi connectivity index (χ4n) is 14.4. The Morgan fingerprint density at radius 3 is 1.33 bits per heavy atom. The summed E-state index contributed by atoms with van der Waals surface area (Å²) >= 11 is 0. The number of aryl methyl sites for hydroxylation is 6. The zero-order valence-electron chi connectivity index (χ0n) is 60.3. The molecule has 25 nitrogen and oxygen atoms in total. The number of carbonyl (C=O) groups excluding carboxylic acids is 2. The number of aliphatic imine (C=N–C) groups is 1. The third-order valence-electron chi connectivity index (χ3n) is 19.6. The molecule has 0 unspecified atom stereocenters. The van der Waals surface area contributed by atoms with E-state index in [1.807, 2.05) is 27.7 Å². The number of aromatic nitrogens is 12. The molecule has 9 aromatic heterocycles. The second-order valence-electron chi connectivity index (χ2n) is 27.4. The lowest BCUT2D eigenvalue weighted by atomic mass is 9.91. The van der Waals surface area contributed by atoms with Crippen LogP contribution < -0.4 is 31.9 Å². The molecular weight excluding hydrogens is 1420 g/mol. The van der Waals surface area contributed by atoms with Crippen LogP contribution in [0.4, 0.5) is 57.4 Å². The van der Waals surface area contributed by atoms with Gasteiger partial charge in [-0.3, -0.25) is 24.5 Å². The first-order valence-corrected chi connectivity index (χ1v) is 35.2. The summed E-state index contributed by atoms with van der Waals surface area (Å²) in [7, 11) is 3.40. The number of nitrogens with one attached hydrogen (secondary N) is 6. The van der Waals surface area contributed by atoms with Crippen LogP contribution in [0.1, 0.15) is 141 Å². The molecule has 0 spiro atoms. The molecule has 6 aliphatic rings. The number of fused-ring (bicyclic) bond motifs is 3. The lowest BCUT2D eigenvalue weighted by molar-refractivity contribution is -0.139. The van der Waals surface area contributed by atoms with Gasteiger partial charge in [-0.2, -0.15) is 39.5 Å². The van der Waals surface area contributed by atoms with Crippen molar-refractivity contribution in [2.75, 3.05) is 69.3 Å². The van der Waals surface area contributed by atoms with E-state index in [0.717, 1.165) is 54.7 Å². The molecule has 0 saturated carbocycles. The van der Waals surface area contributed by atoms with Gasteiger partial charge in [0, 0.05) is 137 Å². The van der Waals surface area contributed by atoms with Crippen LogP contribution in [-0.2, 0) is 47.5 Å². The van der Waals surface area contributed by atoms with Gasteiger partial charge in [-0.25, -0.2) is 34.9 Å². The van der Waals surface area contributed by atoms with E-state index in [0.29, 0.717) is 161 Å². The maximum absolute atomic E-state index is 14.0. The highest BCUT2D eigenvalue weighted by Crippen LogP contribution is 2.44. The molecule has 9 aromatic rings. The Labute approximate surface area is 613 Å². The van der Waals surface area contributed by atoms with Gasteiger partial charge in [-0.1, -0.05) is 46.7 Å². The van der Waals surface area contributed by atoms with Gasteiger partial charge in [0.1, 0.15) is 45.4 Å². The number of hydrogen-bond acceptors (Lipinski definition) is 24. The van der Waals surface area contributed by atoms with Crippen molar-refractivity contribution in [2.24, 2.45) is 16.8 Å². The van der Waals surface area contributed by atoms with Crippen LogP contribution in [0, 0.1) is 53.4 Å². The Morgan fingerprint density at radius 2 is 0.917 bits per heavy atom. The first-order chi connectivity index (χ1) is 51.5. The summed E-state index contributed by atoms with van der Waals surface area (Å²) in [4.78, 5) is 69.3. The van der Waals surface area contributed by atoms with E-state index in [1.54, 1.807) is 83.4 Å². The third-order valence-corrected chi connectivity index (χ3v) is 19.6. The summed E-state index contributed by atoms with van der Waals surface area (Å²) in [5.41, 5.74) is 7.49. The molecule has 0 aromatic carbocycles. The van der Waals surface area contributed by atoms with Gasteiger partial charge in [-0.15, -0.1) is 0 Å². The standard InChI is InChI=1S/C26H28F3N7O2.C26H27F3N6O2.C22H22F3N7O/c1-13-22(14(2)38-35-13)21-8-5-17-18(6-7-20(17)33-21)23-19(26(27,28)29)12-31-25(34-23)32-16-9-15(10-30-11-16)24(37)36(3)4;1-4-22(36)15-9-16(11-30-10-15)32-25-31-12-19(26(27,28)29)24(34-25)18-6-7-20-17(18)5-8-21(33-20)23-13(2)35-37-14(23)3;1-11-18(12(2)33-32-11)16-6-5-14-17(30-16)10-27-19(14)20-15(22(23,24)25)9-28-21(31-20)29-13-4-3-7-26-8-13/h5-6,8,12,15-16,30H,7,9-11H2,1-4H3,(H,31,32,34);5-6,8,12,15-16,30H,4,7,9-11H2,1-3H3,(H,31,32,34);5-6,9,13,26H,3-4,7-8,10H2,1-2H3,(H,28,29,31)/t2*15-,16+;13-/m110/s1. The molecule has 3 fully saturated rings. The average molecular weight is 1500 g/mol. The van der Waals surface area contributed by atoms with Crippen LogP contribution in [0.15, 0.2) is 85.7 Å². The van der Waals surface area contributed by atoms with E-state index < -0.39 is 35.2 Å². The van der Waals surface area contributed by atoms with Gasteiger partial charge in [0.2, 0.25) is 23.8 Å². The molecule has 2 aliphatic carbocycles. The number of allylic oxidation sites excluding steroid dienone is 2. The second-order valence-corrected chi connectivity index (χ2v) is 27.4. The zero-order valence-corrected chi connectivity index (χ0v) is 60.3. The number of nitrogens with zero attached hydrogens (tertiary/aromatic N) is 14. The van der Waals surface area contributed by atoms with Crippen molar-refractivity contribution in [3.05, 3.63) is 169 Å². The number of amides is 1. The average Bonchev–Trinajstić information content (AvgIpc) is 1.56. The van der Waals surface area contributed by atoms with Crippen molar-refractivity contribution >= 4 is 46.4 Å². The minimum absolute atomic E-state index is 0.00537. The van der Waals surface area contributed by atoms with E-state index in [1.165, 1.54) is 4.90 Å². The Bertz CT molecular complexity index is 4940. The van der Waals surface area contributed by atoms with Gasteiger partial charge < -0.3 is 50.4 Å². The summed E-state index contributed by atoms with van der Waals surface area (Å²) < 4.78 is 141. The lowest BCUT2D eigenvalue weighted by Gasteiger charge is -2.31. The van der Waals surface area contributed by atoms with Crippen molar-refractivity contribution in [1.29, 1.82) is 0 Å². The maximum atomic E-state index is 14.0. The van der Waals surface area contributed by atoms with Gasteiger partial charge in [0.05, 0.1) is 97.5 Å². The number of rotatable bonds is 15. The summed E-state index contributed by atoms with van der Waals surface area (Å²) in [6.45, 7) is 16.7. The molecule has 15 rings (SSSR count). The topological polar surface area (TPSA) is 316 Å². The monoisotopic (exact) mass is 1500 g/mol. The molecular formula is C74H77F9N20O5. The number of ketones is 1. The van der Waals surface area contributed by atoms with Crippen LogP contribution in [0.5, 0.6) is 0 Å². The summed E-state index contributed by atoms with van der Waals surface area (Å²) in [6, 6.07) is 10.2. The fourth-order valence-corrected chi connectivity index (χ4v) is 14.4. The van der Waals surface area contributed by atoms with Crippen molar-refractivity contribution < 1.29 is 62.7 Å². The molecule has 0 radical (unpaired) electrons. The van der Waals surface area contributed by atoms with Gasteiger partial charge in [-0.05, 0) is 98.0 Å². The van der Waals surface area contributed by atoms with Crippen LogP contribution in [-0.4, -0.2) is 154 Å². The van der Waals surface area contributed by atoms with Gasteiger partial charge in [0.15, 0.2) is 0 Å². The van der Waals surface area contributed by atoms with E-state index in [-0.39, 0.29) is 88.8 Å². The van der Waals surface area contributed by atoms with Crippen molar-refractivity contribution in [3.8, 4) is 33.8 Å². The van der Waals surface area contributed by atoms with Crippen molar-refractivity contribution in [3.63, 3.8) is 0 Å². The highest BCUT2D eigenvalue weighted by molar-refractivity contribution is 6.15. The highest BCUT2D eigenvalue weighted by atomic mass is 19.4. The smallest absolute Gasteiger partial charge is 0.361 e. The second kappa shape index (κ2) is 30.9. The van der Waals surface area contributed by atoms with Crippen LogP contribution in [0.3, 0.4) is 0 Å². The number of alkyl halides is 9. The fraction of sp³-hybridized carbons (Fsp3) is 0.419. The number of anilines is 3. The molecule has 6 N–H and O–H groups in total. The van der Waals surface area contributed by atoms with Crippen LogP contribution >= 0.6 is 0 Å². The molecule has 5 atom stereocenters. The minimum Gasteiger partial charge on any atom is -0.361 e. The van der Waals surface area contributed by atoms with Gasteiger partial charge >= 0.3 is 18.5 Å². The Hall–Kier alpha value is -10.7. The maximum Gasteiger partial charge on any atom is 0.420 e. The molecule has 13 heterocycles. The number of pyridine rings is 3. The predicted molar refractivity (Wildman–Crippen MR) is 380 cm³/mol. The largest absolute Gasteiger partial charge is 0.420 e. The molecule has 34 heteroatoms. The summed E-state index contributed by atoms with van der Waals surface area (Å²) in [5, 5.41) is 31.0. The number of piperidine rings is 3. The predicted octanol–water partition coefficient (Wildman–Crippen LogP) is 11.8. The Morgan fingerprint density at radius 1 is 0.509 bits per heavy atom. The Kier molecular flexibility index (Phi) is 21.6. The Balaban J connectivity index is 0.000000143. The van der Waals surface area contributed by atoms with Crippen LogP contribution in [0.2, 0.25) is 0 Å². The number of hydrogen-bond donors (Lipinski definition) is 6. The summed E-state index contributed by atoms with van der Waals surface area (Å²) in [5.74, 6) is 1.96. The van der Waals surface area contributed by atoms with Crippen molar-refractivity contribution in [1.82, 2.24) is 81.2 Å². The third kappa shape index (κ3) is 16.1. The van der Waals surface area contributed by atoms with E-state index >= 15 is 0 Å². The van der Waals surface area contributed by atoms with E-state index in [9.17, 15) is 49.1 Å².